The van der Waals surface area contributed by atoms with Gasteiger partial charge in [-0.3, -0.25) is 14.5 Å². The molecule has 1 saturated heterocycles. The predicted molar refractivity (Wildman–Crippen MR) is 82.9 cm³/mol. The summed E-state index contributed by atoms with van der Waals surface area (Å²) in [6.07, 6.45) is 1.04. The minimum atomic E-state index is -1.02. The Morgan fingerprint density at radius 2 is 2.10 bits per heavy atom. The molecule has 1 aromatic rings. The molecule has 2 N–H and O–H groups in total. The molecule has 0 radical (unpaired) electrons. The first kappa shape index (κ1) is 17.5. The maximum atomic E-state index is 11.6. The smallest absolute Gasteiger partial charge is 0.322 e. The van der Waals surface area contributed by atoms with E-state index in [-0.39, 0.29) is 31.4 Å². The van der Waals surface area contributed by atoms with Crippen LogP contribution in [-0.2, 0) is 9.59 Å². The third kappa shape index (κ3) is 5.02. The fraction of sp³-hybridized carbons (Fsp3) is 0.467. The Morgan fingerprint density at radius 1 is 1.38 bits per heavy atom. The maximum Gasteiger partial charge on any atom is 0.322 e. The first-order valence-electron chi connectivity index (χ1n) is 6.82. The second-order valence-corrected chi connectivity index (χ2v) is 5.25. The summed E-state index contributed by atoms with van der Waals surface area (Å²) in [5.41, 5.74) is 2.63. The fourth-order valence-corrected chi connectivity index (χ4v) is 2.71. The van der Waals surface area contributed by atoms with Crippen molar-refractivity contribution < 1.29 is 14.7 Å². The summed E-state index contributed by atoms with van der Waals surface area (Å²) in [5, 5.41) is 10.9. The Morgan fingerprint density at radius 3 is 2.76 bits per heavy atom. The van der Waals surface area contributed by atoms with Crippen LogP contribution < -0.4 is 5.32 Å². The van der Waals surface area contributed by atoms with Gasteiger partial charge in [-0.2, -0.15) is 0 Å². The van der Waals surface area contributed by atoms with Gasteiger partial charge in [0.1, 0.15) is 6.54 Å². The van der Waals surface area contributed by atoms with Crippen LogP contribution in [0.3, 0.4) is 0 Å². The number of carboxylic acid groups (broad SMARTS) is 1. The van der Waals surface area contributed by atoms with Crippen molar-refractivity contribution in [3.63, 3.8) is 0 Å². The number of hydrogen-bond acceptors (Lipinski definition) is 3. The van der Waals surface area contributed by atoms with E-state index in [1.54, 1.807) is 0 Å². The Hall–Kier alpha value is -1.59. The van der Waals surface area contributed by atoms with Crippen molar-refractivity contribution in [3.05, 3.63) is 35.4 Å². The number of carbonyl (C=O) groups is 2. The lowest BCUT2D eigenvalue weighted by molar-refractivity contribution is -0.138. The van der Waals surface area contributed by atoms with Crippen LogP contribution in [0.5, 0.6) is 0 Å². The van der Waals surface area contributed by atoms with Crippen molar-refractivity contribution in [2.45, 2.75) is 19.3 Å². The summed E-state index contributed by atoms with van der Waals surface area (Å²) < 4.78 is 0. The van der Waals surface area contributed by atoms with Gasteiger partial charge in [-0.25, -0.2) is 0 Å². The first-order valence-corrected chi connectivity index (χ1v) is 6.82. The summed E-state index contributed by atoms with van der Waals surface area (Å²) in [7, 11) is 0. The normalized spacial score (nSPS) is 18.0. The highest BCUT2D eigenvalue weighted by atomic mass is 35.5. The highest BCUT2D eigenvalue weighted by Crippen LogP contribution is 2.28. The Balaban J connectivity index is 0.00000220. The average Bonchev–Trinajstić information content (AvgIpc) is 2.85. The first-order chi connectivity index (χ1) is 9.56. The lowest BCUT2D eigenvalue weighted by Gasteiger charge is -2.16. The predicted octanol–water partition coefficient (Wildman–Crippen LogP) is 1.41. The molecule has 1 aliphatic rings. The summed E-state index contributed by atoms with van der Waals surface area (Å²) >= 11 is 0. The molecule has 0 spiro atoms. The number of rotatable bonds is 5. The number of aliphatic carboxylic acids is 1. The van der Waals surface area contributed by atoms with Gasteiger partial charge in [0.15, 0.2) is 0 Å². The zero-order valence-electron chi connectivity index (χ0n) is 12.0. The van der Waals surface area contributed by atoms with E-state index in [4.69, 9.17) is 5.11 Å². The maximum absolute atomic E-state index is 11.6. The highest BCUT2D eigenvalue weighted by molar-refractivity contribution is 5.85. The number of likely N-dealkylation sites (tertiary alicyclic amines) is 1. The molecule has 2 rings (SSSR count). The zero-order valence-corrected chi connectivity index (χ0v) is 12.9. The van der Waals surface area contributed by atoms with E-state index in [2.05, 4.69) is 29.3 Å². The van der Waals surface area contributed by atoms with Crippen LogP contribution in [0.2, 0.25) is 0 Å². The largest absolute Gasteiger partial charge is 0.480 e. The van der Waals surface area contributed by atoms with Crippen molar-refractivity contribution in [2.75, 3.05) is 26.2 Å². The number of aryl methyl sites for hydroxylation is 1. The molecule has 0 aliphatic carbocycles. The quantitative estimate of drug-likeness (QED) is 0.862. The third-order valence-electron chi connectivity index (χ3n) is 3.70. The van der Waals surface area contributed by atoms with E-state index in [9.17, 15) is 9.59 Å². The van der Waals surface area contributed by atoms with Crippen LogP contribution in [0.4, 0.5) is 0 Å². The minimum absolute atomic E-state index is 0. The van der Waals surface area contributed by atoms with Crippen LogP contribution in [0.1, 0.15) is 23.5 Å². The highest BCUT2D eigenvalue weighted by Gasteiger charge is 2.25. The molecule has 1 aliphatic heterocycles. The van der Waals surface area contributed by atoms with E-state index in [1.807, 2.05) is 12.1 Å². The second-order valence-electron chi connectivity index (χ2n) is 5.25. The summed E-state index contributed by atoms with van der Waals surface area (Å²) in [6.45, 7) is 3.80. The monoisotopic (exact) mass is 312 g/mol. The molecule has 0 saturated carbocycles. The molecule has 0 bridgehead atoms. The van der Waals surface area contributed by atoms with Gasteiger partial charge in [-0.15, -0.1) is 12.4 Å². The summed E-state index contributed by atoms with van der Waals surface area (Å²) in [6, 6.07) is 8.33. The minimum Gasteiger partial charge on any atom is -0.480 e. The number of amides is 1. The van der Waals surface area contributed by atoms with Crippen LogP contribution in [0.25, 0.3) is 0 Å². The molecule has 21 heavy (non-hydrogen) atoms. The summed E-state index contributed by atoms with van der Waals surface area (Å²) in [5.74, 6) is -0.779. The SMILES string of the molecule is Cc1ccccc1C1CCN(CC(=O)NCC(=O)O)C1.Cl. The van der Waals surface area contributed by atoms with Crippen molar-refractivity contribution in [1.82, 2.24) is 10.2 Å². The van der Waals surface area contributed by atoms with Crippen molar-refractivity contribution >= 4 is 24.3 Å². The number of nitrogens with zero attached hydrogens (tertiary/aromatic N) is 1. The summed E-state index contributed by atoms with van der Waals surface area (Å²) in [4.78, 5) is 24.1. The van der Waals surface area contributed by atoms with Crippen molar-refractivity contribution in [1.29, 1.82) is 0 Å². The molecule has 6 heteroatoms. The van der Waals surface area contributed by atoms with Crippen LogP contribution in [-0.4, -0.2) is 48.1 Å². The van der Waals surface area contributed by atoms with Gasteiger partial charge in [0.2, 0.25) is 5.91 Å². The molecule has 1 atom stereocenters. The van der Waals surface area contributed by atoms with E-state index >= 15 is 0 Å². The molecule has 1 aromatic carbocycles. The molecule has 5 nitrogen and oxygen atoms in total. The van der Waals surface area contributed by atoms with Crippen LogP contribution in [0, 0.1) is 6.92 Å². The van der Waals surface area contributed by atoms with Crippen LogP contribution >= 0.6 is 12.4 Å². The fourth-order valence-electron chi connectivity index (χ4n) is 2.71. The van der Waals surface area contributed by atoms with E-state index in [1.165, 1.54) is 11.1 Å². The van der Waals surface area contributed by atoms with Gasteiger partial charge in [-0.1, -0.05) is 24.3 Å². The molecule has 1 heterocycles. The molecule has 116 valence electrons. The average molecular weight is 313 g/mol. The van der Waals surface area contributed by atoms with Gasteiger partial charge in [0.25, 0.3) is 0 Å². The number of benzene rings is 1. The number of carbonyl (C=O) groups excluding carboxylic acids is 1. The van der Waals surface area contributed by atoms with E-state index in [0.717, 1.165) is 19.5 Å². The lowest BCUT2D eigenvalue weighted by Crippen LogP contribution is -2.38. The third-order valence-corrected chi connectivity index (χ3v) is 3.70. The Labute approximate surface area is 130 Å². The number of nitrogens with one attached hydrogen (secondary N) is 1. The van der Waals surface area contributed by atoms with Gasteiger partial charge >= 0.3 is 5.97 Å². The van der Waals surface area contributed by atoms with Gasteiger partial charge in [-0.05, 0) is 36.9 Å². The number of hydrogen-bond donors (Lipinski definition) is 2. The number of halogens is 1. The molecule has 0 aromatic heterocycles. The topological polar surface area (TPSA) is 69.6 Å². The Kier molecular flexibility index (Phi) is 6.65. The zero-order chi connectivity index (χ0) is 14.5. The van der Waals surface area contributed by atoms with E-state index in [0.29, 0.717) is 5.92 Å². The van der Waals surface area contributed by atoms with Gasteiger partial charge in [0.05, 0.1) is 6.54 Å². The van der Waals surface area contributed by atoms with Crippen LogP contribution in [0.15, 0.2) is 24.3 Å². The number of carboxylic acids is 1. The molecule has 1 fully saturated rings. The Bertz CT molecular complexity index is 507. The lowest BCUT2D eigenvalue weighted by atomic mass is 9.94. The molecular weight excluding hydrogens is 292 g/mol. The van der Waals surface area contributed by atoms with Gasteiger partial charge in [0, 0.05) is 6.54 Å². The van der Waals surface area contributed by atoms with Gasteiger partial charge < -0.3 is 10.4 Å². The van der Waals surface area contributed by atoms with Crippen molar-refractivity contribution in [2.24, 2.45) is 0 Å². The molecular formula is C15H21ClN2O3. The standard InChI is InChI=1S/C15H20N2O3.ClH/c1-11-4-2-3-5-13(11)12-6-7-17(9-12)10-14(18)16-8-15(19)20;/h2-5,12H,6-10H2,1H3,(H,16,18)(H,19,20);1H. The molecule has 1 amide bonds. The van der Waals surface area contributed by atoms with E-state index < -0.39 is 5.97 Å². The second kappa shape index (κ2) is 8.00. The molecule has 1 unspecified atom stereocenters. The van der Waals surface area contributed by atoms with Crippen molar-refractivity contribution in [3.8, 4) is 0 Å².